The van der Waals surface area contributed by atoms with Gasteiger partial charge in [0.25, 0.3) is 0 Å². The lowest BCUT2D eigenvalue weighted by molar-refractivity contribution is 0.454. The quantitative estimate of drug-likeness (QED) is 0.744. The summed E-state index contributed by atoms with van der Waals surface area (Å²) in [7, 11) is 0. The van der Waals surface area contributed by atoms with Crippen molar-refractivity contribution in [1.29, 1.82) is 0 Å². The highest BCUT2D eigenvalue weighted by atomic mass is 32.1. The van der Waals surface area contributed by atoms with Crippen LogP contribution >= 0.6 is 11.3 Å². The second kappa shape index (κ2) is 8.78. The van der Waals surface area contributed by atoms with E-state index in [2.05, 4.69) is 19.2 Å². The highest BCUT2D eigenvalue weighted by Gasteiger charge is 2.19. The standard InChI is InChI=1S/C17H30N2S/c1-3-12-18-13-16-15(4-2)19-17(20-16)14-10-8-6-5-7-9-11-14/h14,18H,3-13H2,1-2H3. The Bertz CT molecular complexity index is 378. The van der Waals surface area contributed by atoms with Gasteiger partial charge in [0.15, 0.2) is 0 Å². The maximum atomic E-state index is 4.98. The number of hydrogen-bond acceptors (Lipinski definition) is 3. The molecule has 0 unspecified atom stereocenters. The van der Waals surface area contributed by atoms with Crippen LogP contribution in [-0.2, 0) is 13.0 Å². The zero-order valence-electron chi connectivity index (χ0n) is 13.2. The van der Waals surface area contributed by atoms with Gasteiger partial charge in [0.1, 0.15) is 0 Å². The Morgan fingerprint density at radius 2 is 1.80 bits per heavy atom. The van der Waals surface area contributed by atoms with Crippen molar-refractivity contribution >= 4 is 11.3 Å². The molecule has 0 bridgehead atoms. The molecule has 0 aromatic carbocycles. The van der Waals surface area contributed by atoms with Gasteiger partial charge in [-0.1, -0.05) is 46.0 Å². The number of hydrogen-bond donors (Lipinski definition) is 1. The van der Waals surface area contributed by atoms with Crippen molar-refractivity contribution in [3.05, 3.63) is 15.6 Å². The molecule has 2 rings (SSSR count). The van der Waals surface area contributed by atoms with E-state index in [-0.39, 0.29) is 0 Å². The first-order valence-corrected chi connectivity index (χ1v) is 9.36. The Labute approximate surface area is 128 Å². The smallest absolute Gasteiger partial charge is 0.0962 e. The predicted octanol–water partition coefficient (Wildman–Crippen LogP) is 5.03. The van der Waals surface area contributed by atoms with Crippen molar-refractivity contribution in [2.24, 2.45) is 0 Å². The summed E-state index contributed by atoms with van der Waals surface area (Å²) in [5.74, 6) is 0.741. The third kappa shape index (κ3) is 4.56. The Morgan fingerprint density at radius 3 is 2.45 bits per heavy atom. The van der Waals surface area contributed by atoms with Crippen LogP contribution in [0.2, 0.25) is 0 Å². The molecule has 114 valence electrons. The number of rotatable bonds is 6. The third-order valence-electron chi connectivity index (χ3n) is 4.30. The van der Waals surface area contributed by atoms with Gasteiger partial charge in [0.05, 0.1) is 10.7 Å². The summed E-state index contributed by atoms with van der Waals surface area (Å²) < 4.78 is 0. The first-order chi connectivity index (χ1) is 9.85. The molecular weight excluding hydrogens is 264 g/mol. The van der Waals surface area contributed by atoms with Gasteiger partial charge in [-0.25, -0.2) is 4.98 Å². The van der Waals surface area contributed by atoms with Crippen molar-refractivity contribution in [3.8, 4) is 0 Å². The molecule has 2 nitrogen and oxygen atoms in total. The zero-order chi connectivity index (χ0) is 14.2. The third-order valence-corrected chi connectivity index (χ3v) is 5.56. The van der Waals surface area contributed by atoms with Crippen molar-refractivity contribution in [3.63, 3.8) is 0 Å². The molecule has 1 aromatic heterocycles. The Balaban J connectivity index is 2.02. The molecule has 1 aliphatic carbocycles. The first kappa shape index (κ1) is 16.0. The van der Waals surface area contributed by atoms with Crippen LogP contribution in [0, 0.1) is 0 Å². The summed E-state index contributed by atoms with van der Waals surface area (Å²) in [6.45, 7) is 6.59. The van der Waals surface area contributed by atoms with Crippen LogP contribution in [0.1, 0.15) is 86.7 Å². The fourth-order valence-corrected chi connectivity index (χ4v) is 4.37. The molecule has 0 aliphatic heterocycles. The molecule has 1 aromatic rings. The molecule has 1 saturated carbocycles. The van der Waals surface area contributed by atoms with Crippen LogP contribution in [0.4, 0.5) is 0 Å². The van der Waals surface area contributed by atoms with E-state index in [0.29, 0.717) is 0 Å². The van der Waals surface area contributed by atoms with E-state index in [1.54, 1.807) is 0 Å². The van der Waals surface area contributed by atoms with E-state index >= 15 is 0 Å². The SMILES string of the molecule is CCCNCc1sc(C2CCCCCCC2)nc1CC. The van der Waals surface area contributed by atoms with Crippen molar-refractivity contribution in [2.75, 3.05) is 6.54 Å². The maximum absolute atomic E-state index is 4.98. The number of nitrogens with zero attached hydrogens (tertiary/aromatic N) is 1. The summed E-state index contributed by atoms with van der Waals surface area (Å²) in [4.78, 5) is 6.47. The number of thiazole rings is 1. The van der Waals surface area contributed by atoms with E-state index in [0.717, 1.165) is 25.4 Å². The molecule has 0 saturated heterocycles. The Morgan fingerprint density at radius 1 is 1.10 bits per heavy atom. The topological polar surface area (TPSA) is 24.9 Å². The van der Waals surface area contributed by atoms with E-state index in [9.17, 15) is 0 Å². The van der Waals surface area contributed by atoms with Crippen LogP contribution in [0.5, 0.6) is 0 Å². The monoisotopic (exact) mass is 294 g/mol. The summed E-state index contributed by atoms with van der Waals surface area (Å²) in [5, 5.41) is 4.96. The summed E-state index contributed by atoms with van der Waals surface area (Å²) in [6.07, 6.45) is 12.1. The average molecular weight is 295 g/mol. The lowest BCUT2D eigenvalue weighted by atomic mass is 9.92. The largest absolute Gasteiger partial charge is 0.312 e. The molecule has 1 N–H and O–H groups in total. The van der Waals surface area contributed by atoms with Crippen LogP contribution in [0.3, 0.4) is 0 Å². The zero-order valence-corrected chi connectivity index (χ0v) is 14.0. The lowest BCUT2D eigenvalue weighted by Gasteiger charge is -2.17. The van der Waals surface area contributed by atoms with Gasteiger partial charge in [0.2, 0.25) is 0 Å². The minimum absolute atomic E-state index is 0.741. The number of aryl methyl sites for hydroxylation is 1. The Kier molecular flexibility index (Phi) is 7.01. The molecular formula is C17H30N2S. The van der Waals surface area contributed by atoms with Gasteiger partial charge in [-0.2, -0.15) is 0 Å². The van der Waals surface area contributed by atoms with Gasteiger partial charge in [-0.15, -0.1) is 11.3 Å². The molecule has 1 aliphatic rings. The van der Waals surface area contributed by atoms with Gasteiger partial charge < -0.3 is 5.32 Å². The second-order valence-corrected chi connectivity index (χ2v) is 7.11. The molecule has 1 fully saturated rings. The van der Waals surface area contributed by atoms with E-state index in [4.69, 9.17) is 4.98 Å². The maximum Gasteiger partial charge on any atom is 0.0962 e. The number of nitrogens with one attached hydrogen (secondary N) is 1. The summed E-state index contributed by atoms with van der Waals surface area (Å²) in [6, 6.07) is 0. The summed E-state index contributed by atoms with van der Waals surface area (Å²) >= 11 is 1.98. The molecule has 0 atom stereocenters. The van der Waals surface area contributed by atoms with E-state index < -0.39 is 0 Å². The van der Waals surface area contributed by atoms with Gasteiger partial charge in [-0.3, -0.25) is 0 Å². The van der Waals surface area contributed by atoms with Crippen molar-refractivity contribution < 1.29 is 0 Å². The van der Waals surface area contributed by atoms with E-state index in [1.165, 1.54) is 66.9 Å². The van der Waals surface area contributed by atoms with Gasteiger partial charge in [-0.05, 0) is 32.2 Å². The van der Waals surface area contributed by atoms with Crippen molar-refractivity contribution in [2.45, 2.75) is 84.1 Å². The molecule has 20 heavy (non-hydrogen) atoms. The number of aromatic nitrogens is 1. The first-order valence-electron chi connectivity index (χ1n) is 8.54. The Hall–Kier alpha value is -0.410. The molecule has 1 heterocycles. The molecule has 3 heteroatoms. The summed E-state index contributed by atoms with van der Waals surface area (Å²) in [5.41, 5.74) is 1.34. The molecule has 0 radical (unpaired) electrons. The minimum Gasteiger partial charge on any atom is -0.312 e. The minimum atomic E-state index is 0.741. The highest BCUT2D eigenvalue weighted by molar-refractivity contribution is 7.11. The normalized spacial score (nSPS) is 17.9. The van der Waals surface area contributed by atoms with Crippen LogP contribution in [-0.4, -0.2) is 11.5 Å². The molecule has 0 spiro atoms. The second-order valence-electron chi connectivity index (χ2n) is 5.99. The average Bonchev–Trinajstić information content (AvgIpc) is 2.82. The van der Waals surface area contributed by atoms with Crippen molar-refractivity contribution in [1.82, 2.24) is 10.3 Å². The van der Waals surface area contributed by atoms with Crippen LogP contribution < -0.4 is 5.32 Å². The highest BCUT2D eigenvalue weighted by Crippen LogP contribution is 2.34. The fraction of sp³-hybridized carbons (Fsp3) is 0.824. The molecule has 0 amide bonds. The lowest BCUT2D eigenvalue weighted by Crippen LogP contribution is -2.13. The van der Waals surface area contributed by atoms with Crippen LogP contribution in [0.25, 0.3) is 0 Å². The predicted molar refractivity (Wildman–Crippen MR) is 88.5 cm³/mol. The van der Waals surface area contributed by atoms with Gasteiger partial charge >= 0.3 is 0 Å². The fourth-order valence-electron chi connectivity index (χ4n) is 3.07. The van der Waals surface area contributed by atoms with E-state index in [1.807, 2.05) is 11.3 Å². The van der Waals surface area contributed by atoms with Crippen LogP contribution in [0.15, 0.2) is 0 Å². The van der Waals surface area contributed by atoms with Gasteiger partial charge in [0, 0.05) is 17.3 Å².